The average molecular weight is 290 g/mol. The van der Waals surface area contributed by atoms with Crippen LogP contribution in [0.4, 0.5) is 0 Å². The first kappa shape index (κ1) is 14.9. The number of hydrogen-bond acceptors (Lipinski definition) is 2. The molecular formula is C17H20ClNO. The summed E-state index contributed by atoms with van der Waals surface area (Å²) in [5.41, 5.74) is 9.27. The fourth-order valence-electron chi connectivity index (χ4n) is 2.25. The third-order valence-corrected chi connectivity index (χ3v) is 3.79. The molecule has 2 aromatic rings. The normalized spacial score (nSPS) is 12.2. The largest absolute Gasteiger partial charge is 0.484 e. The van der Waals surface area contributed by atoms with Gasteiger partial charge in [-0.1, -0.05) is 42.8 Å². The highest BCUT2D eigenvalue weighted by molar-refractivity contribution is 6.31. The molecule has 0 aliphatic carbocycles. The predicted molar refractivity (Wildman–Crippen MR) is 84.4 cm³/mol. The lowest BCUT2D eigenvalue weighted by atomic mass is 10.0. The minimum atomic E-state index is -0.137. The zero-order valence-electron chi connectivity index (χ0n) is 11.9. The van der Waals surface area contributed by atoms with Crippen LogP contribution in [0.2, 0.25) is 5.02 Å². The summed E-state index contributed by atoms with van der Waals surface area (Å²) in [6, 6.07) is 13.9. The van der Waals surface area contributed by atoms with Gasteiger partial charge < -0.3 is 10.5 Å². The van der Waals surface area contributed by atoms with E-state index in [0.717, 1.165) is 28.3 Å². The molecule has 2 aromatic carbocycles. The molecule has 0 fully saturated rings. The van der Waals surface area contributed by atoms with Crippen molar-refractivity contribution >= 4 is 11.6 Å². The number of rotatable bonds is 5. The summed E-state index contributed by atoms with van der Waals surface area (Å²) in [5, 5.41) is 0.778. The molecule has 0 aromatic heterocycles. The molecule has 2 nitrogen and oxygen atoms in total. The summed E-state index contributed by atoms with van der Waals surface area (Å²) in [7, 11) is 0. The van der Waals surface area contributed by atoms with Crippen molar-refractivity contribution in [2.45, 2.75) is 26.4 Å². The molecule has 20 heavy (non-hydrogen) atoms. The Bertz CT molecular complexity index is 583. The van der Waals surface area contributed by atoms with Crippen LogP contribution in [0.1, 0.15) is 29.7 Å². The van der Waals surface area contributed by atoms with Crippen molar-refractivity contribution in [1.29, 1.82) is 0 Å². The van der Waals surface area contributed by atoms with Crippen LogP contribution in [-0.2, 0) is 6.42 Å². The van der Waals surface area contributed by atoms with E-state index >= 15 is 0 Å². The molecule has 3 heteroatoms. The van der Waals surface area contributed by atoms with Crippen LogP contribution in [0.5, 0.6) is 5.75 Å². The number of ether oxygens (including phenoxy) is 1. The van der Waals surface area contributed by atoms with Gasteiger partial charge >= 0.3 is 0 Å². The monoisotopic (exact) mass is 289 g/mol. The number of aryl methyl sites for hydroxylation is 2. The molecule has 0 heterocycles. The van der Waals surface area contributed by atoms with Gasteiger partial charge in [-0.15, -0.1) is 0 Å². The third-order valence-electron chi connectivity index (χ3n) is 3.43. The number of hydrogen-bond donors (Lipinski definition) is 1. The highest BCUT2D eigenvalue weighted by Crippen LogP contribution is 2.27. The van der Waals surface area contributed by atoms with Gasteiger partial charge in [0.1, 0.15) is 11.9 Å². The van der Waals surface area contributed by atoms with Crippen molar-refractivity contribution in [1.82, 2.24) is 0 Å². The minimum absolute atomic E-state index is 0.137. The van der Waals surface area contributed by atoms with E-state index in [4.69, 9.17) is 22.1 Å². The van der Waals surface area contributed by atoms with E-state index in [-0.39, 0.29) is 6.10 Å². The molecule has 1 unspecified atom stereocenters. The van der Waals surface area contributed by atoms with Crippen molar-refractivity contribution in [3.05, 3.63) is 64.2 Å². The van der Waals surface area contributed by atoms with Gasteiger partial charge in [-0.3, -0.25) is 0 Å². The second kappa shape index (κ2) is 6.78. The molecule has 2 rings (SSSR count). The maximum absolute atomic E-state index is 6.13. The topological polar surface area (TPSA) is 35.2 Å². The molecule has 0 saturated carbocycles. The lowest BCUT2D eigenvalue weighted by Crippen LogP contribution is -2.19. The summed E-state index contributed by atoms with van der Waals surface area (Å²) in [4.78, 5) is 0. The second-order valence-electron chi connectivity index (χ2n) is 4.81. The summed E-state index contributed by atoms with van der Waals surface area (Å²) in [5.74, 6) is 0.810. The van der Waals surface area contributed by atoms with Gasteiger partial charge in [0.05, 0.1) is 0 Å². The van der Waals surface area contributed by atoms with E-state index in [9.17, 15) is 0 Å². The van der Waals surface area contributed by atoms with Crippen LogP contribution in [0, 0.1) is 6.92 Å². The molecule has 2 N–H and O–H groups in total. The van der Waals surface area contributed by atoms with E-state index in [1.165, 1.54) is 5.56 Å². The van der Waals surface area contributed by atoms with Crippen LogP contribution >= 0.6 is 11.6 Å². The van der Waals surface area contributed by atoms with E-state index in [1.807, 2.05) is 30.3 Å². The summed E-state index contributed by atoms with van der Waals surface area (Å²) >= 11 is 6.13. The lowest BCUT2D eigenvalue weighted by molar-refractivity contribution is 0.213. The standard InChI is InChI=1S/C17H20ClNO/c1-3-13-10-14(8-9-16(13)18)20-17(11-19)15-7-5-4-6-12(15)2/h4-10,17H,3,11,19H2,1-2H3. The number of halogens is 1. The molecule has 0 radical (unpaired) electrons. The van der Waals surface area contributed by atoms with Gasteiger partial charge in [0.15, 0.2) is 0 Å². The predicted octanol–water partition coefficient (Wildman–Crippen LogP) is 4.29. The Morgan fingerprint density at radius 3 is 2.60 bits per heavy atom. The number of nitrogens with two attached hydrogens (primary N) is 1. The van der Waals surface area contributed by atoms with Crippen LogP contribution in [0.25, 0.3) is 0 Å². The van der Waals surface area contributed by atoms with Gasteiger partial charge in [-0.2, -0.15) is 0 Å². The molecule has 1 atom stereocenters. The summed E-state index contributed by atoms with van der Waals surface area (Å²) in [6.07, 6.45) is 0.746. The Labute approximate surface area is 125 Å². The highest BCUT2D eigenvalue weighted by atomic mass is 35.5. The van der Waals surface area contributed by atoms with Gasteiger partial charge in [-0.25, -0.2) is 0 Å². The van der Waals surface area contributed by atoms with Crippen LogP contribution in [-0.4, -0.2) is 6.54 Å². The molecule has 0 aliphatic rings. The Balaban J connectivity index is 2.25. The Morgan fingerprint density at radius 2 is 1.95 bits per heavy atom. The van der Waals surface area contributed by atoms with Crippen molar-refractivity contribution in [2.75, 3.05) is 6.54 Å². The minimum Gasteiger partial charge on any atom is -0.484 e. The first-order chi connectivity index (χ1) is 9.65. The third kappa shape index (κ3) is 3.33. The molecule has 0 saturated heterocycles. The van der Waals surface area contributed by atoms with Crippen molar-refractivity contribution in [2.24, 2.45) is 5.73 Å². The zero-order chi connectivity index (χ0) is 14.5. The van der Waals surface area contributed by atoms with Crippen molar-refractivity contribution < 1.29 is 4.74 Å². The number of benzene rings is 2. The van der Waals surface area contributed by atoms with Crippen LogP contribution in [0.15, 0.2) is 42.5 Å². The van der Waals surface area contributed by atoms with Gasteiger partial charge in [-0.05, 0) is 48.2 Å². The maximum Gasteiger partial charge on any atom is 0.136 e. The second-order valence-corrected chi connectivity index (χ2v) is 5.21. The molecule has 0 amide bonds. The molecule has 106 valence electrons. The Hall–Kier alpha value is -1.51. The summed E-state index contributed by atoms with van der Waals surface area (Å²) < 4.78 is 6.04. The molecular weight excluding hydrogens is 270 g/mol. The highest BCUT2D eigenvalue weighted by Gasteiger charge is 2.14. The first-order valence-electron chi connectivity index (χ1n) is 6.86. The molecule has 0 bridgehead atoms. The quantitative estimate of drug-likeness (QED) is 0.891. The fourth-order valence-corrected chi connectivity index (χ4v) is 2.50. The zero-order valence-corrected chi connectivity index (χ0v) is 12.7. The van der Waals surface area contributed by atoms with Crippen LogP contribution < -0.4 is 10.5 Å². The van der Waals surface area contributed by atoms with E-state index in [2.05, 4.69) is 26.0 Å². The van der Waals surface area contributed by atoms with Gasteiger partial charge in [0.2, 0.25) is 0 Å². The van der Waals surface area contributed by atoms with Gasteiger partial charge in [0, 0.05) is 11.6 Å². The van der Waals surface area contributed by atoms with Crippen LogP contribution in [0.3, 0.4) is 0 Å². The fraction of sp³-hybridized carbons (Fsp3) is 0.294. The molecule has 0 spiro atoms. The SMILES string of the molecule is CCc1cc(OC(CN)c2ccccc2C)ccc1Cl. The average Bonchev–Trinajstić information content (AvgIpc) is 2.47. The van der Waals surface area contributed by atoms with E-state index < -0.39 is 0 Å². The first-order valence-corrected chi connectivity index (χ1v) is 7.24. The summed E-state index contributed by atoms with van der Waals surface area (Å²) in [6.45, 7) is 4.59. The Kier molecular flexibility index (Phi) is 5.05. The van der Waals surface area contributed by atoms with E-state index in [0.29, 0.717) is 6.54 Å². The van der Waals surface area contributed by atoms with Crippen molar-refractivity contribution in [3.8, 4) is 5.75 Å². The van der Waals surface area contributed by atoms with Gasteiger partial charge in [0.25, 0.3) is 0 Å². The van der Waals surface area contributed by atoms with Crippen molar-refractivity contribution in [3.63, 3.8) is 0 Å². The van der Waals surface area contributed by atoms with E-state index in [1.54, 1.807) is 0 Å². The molecule has 0 aliphatic heterocycles. The maximum atomic E-state index is 6.13. The lowest BCUT2D eigenvalue weighted by Gasteiger charge is -2.20. The Morgan fingerprint density at radius 1 is 1.20 bits per heavy atom. The smallest absolute Gasteiger partial charge is 0.136 e.